The molecule has 7 aromatic carbocycles. The normalized spacial score (nSPS) is 15.8. The predicted octanol–water partition coefficient (Wildman–Crippen LogP) is 11.9. The Morgan fingerprint density at radius 3 is 1.75 bits per heavy atom. The summed E-state index contributed by atoms with van der Waals surface area (Å²) in [4.78, 5) is 7.78. The molecule has 7 aromatic rings. The first-order valence-electron chi connectivity index (χ1n) is 22.4. The molecule has 1 fully saturated rings. The minimum absolute atomic E-state index is 0.0110. The molecule has 0 unspecified atom stereocenters. The minimum Gasteiger partial charge on any atom is -0.0621 e. The first kappa shape index (κ1) is 38.4. The number of fused-ring (bicyclic) bond motifs is 6. The number of hydrogen-bond donors (Lipinski definition) is 0. The second kappa shape index (κ2) is 14.6. The molecular formula is C56H54BN3Se. The molecule has 0 radical (unpaired) electrons. The Hall–Kier alpha value is -5.48. The van der Waals surface area contributed by atoms with Crippen molar-refractivity contribution in [1.29, 1.82) is 0 Å². The van der Waals surface area contributed by atoms with Gasteiger partial charge in [-0.15, -0.1) is 0 Å². The van der Waals surface area contributed by atoms with Crippen molar-refractivity contribution in [1.82, 2.24) is 0 Å². The average molecular weight is 859 g/mol. The van der Waals surface area contributed by atoms with Crippen molar-refractivity contribution >= 4 is 98.2 Å². The van der Waals surface area contributed by atoms with Crippen LogP contribution in [0.25, 0.3) is 0 Å². The van der Waals surface area contributed by atoms with E-state index in [2.05, 4.69) is 208 Å². The topological polar surface area (TPSA) is 9.72 Å². The molecule has 0 atom stereocenters. The number of hydrogen-bond acceptors (Lipinski definition) is 3. The molecule has 5 heteroatoms. The second-order valence-corrected chi connectivity index (χ2v) is 21.9. The molecule has 11 rings (SSSR count). The summed E-state index contributed by atoms with van der Waals surface area (Å²) in [5.74, 6) is 0.663. The summed E-state index contributed by atoms with van der Waals surface area (Å²) in [6, 6.07) is 58.4. The Bertz CT molecular complexity index is 2810. The van der Waals surface area contributed by atoms with E-state index < -0.39 is 0 Å². The van der Waals surface area contributed by atoms with E-state index in [0.717, 1.165) is 0 Å². The van der Waals surface area contributed by atoms with E-state index in [9.17, 15) is 0 Å². The van der Waals surface area contributed by atoms with Gasteiger partial charge in [-0.3, -0.25) is 0 Å². The zero-order chi connectivity index (χ0) is 41.6. The van der Waals surface area contributed by atoms with Gasteiger partial charge in [-0.2, -0.15) is 0 Å². The van der Waals surface area contributed by atoms with Crippen LogP contribution in [-0.4, -0.2) is 21.7 Å². The summed E-state index contributed by atoms with van der Waals surface area (Å²) in [6.07, 6.45) is 6.68. The molecule has 3 nitrogen and oxygen atoms in total. The zero-order valence-electron chi connectivity index (χ0n) is 36.4. The monoisotopic (exact) mass is 859 g/mol. The standard InChI is InChI=1S/C56H54BN3Se/c1-55(2,3)39-30-32-45-43(34-39)57-44-35-40(56(4,5)6)36-50(60-46-25-16-17-28-51(46)61-52-33-38(29-31-47(52)60)37-19-10-7-11-20-37)54(44)59(42-23-14-9-15-24-42)49-27-18-26-48(53(49)57)58(45)41-21-12-8-13-22-41/h8-9,12-18,21-37H,7,10-11,19-20H2,1-6H3. The Morgan fingerprint density at radius 2 is 1.05 bits per heavy atom. The van der Waals surface area contributed by atoms with E-state index in [4.69, 9.17) is 0 Å². The third-order valence-electron chi connectivity index (χ3n) is 13.7. The fourth-order valence-corrected chi connectivity index (χ4v) is 12.9. The van der Waals surface area contributed by atoms with E-state index in [-0.39, 0.29) is 32.5 Å². The molecule has 0 bridgehead atoms. The van der Waals surface area contributed by atoms with Crippen molar-refractivity contribution in [2.45, 2.75) is 90.4 Å². The Balaban J connectivity index is 1.25. The summed E-state index contributed by atoms with van der Waals surface area (Å²) in [5, 5.41) is 0. The van der Waals surface area contributed by atoms with Crippen molar-refractivity contribution in [3.8, 4) is 0 Å². The Kier molecular flexibility index (Phi) is 9.19. The maximum atomic E-state index is 2.66. The molecule has 1 aliphatic carbocycles. The molecule has 0 N–H and O–H groups in total. The molecule has 0 amide bonds. The van der Waals surface area contributed by atoms with Gasteiger partial charge in [-0.25, -0.2) is 0 Å². The van der Waals surface area contributed by atoms with Gasteiger partial charge in [0, 0.05) is 0 Å². The molecule has 302 valence electrons. The van der Waals surface area contributed by atoms with Crippen LogP contribution in [0.1, 0.15) is 96.3 Å². The van der Waals surface area contributed by atoms with Crippen LogP contribution in [-0.2, 0) is 10.8 Å². The fourth-order valence-electron chi connectivity index (χ4n) is 10.5. The van der Waals surface area contributed by atoms with Gasteiger partial charge in [-0.05, 0) is 0 Å². The van der Waals surface area contributed by atoms with Gasteiger partial charge in [-0.1, -0.05) is 18.2 Å². The molecular weight excluding hydrogens is 804 g/mol. The quantitative estimate of drug-likeness (QED) is 0.163. The summed E-state index contributed by atoms with van der Waals surface area (Å²) in [6.45, 7) is 14.2. The SMILES string of the molecule is CC(C)(C)c1ccc2c(c1)B1c3cc(C(C)(C)C)cc(N4c5ccccc5[Se]c5cc(C6CCCCC6)ccc54)c3N(c3ccccc3)c3cccc(c31)N2c1ccccc1. The van der Waals surface area contributed by atoms with E-state index in [1.54, 1.807) is 0 Å². The molecule has 0 spiro atoms. The molecule has 1 saturated carbocycles. The number of rotatable bonds is 4. The van der Waals surface area contributed by atoms with E-state index in [1.165, 1.54) is 125 Å². The third kappa shape index (κ3) is 6.38. The predicted molar refractivity (Wildman–Crippen MR) is 263 cm³/mol. The van der Waals surface area contributed by atoms with E-state index in [1.807, 2.05) is 0 Å². The molecule has 61 heavy (non-hydrogen) atoms. The first-order valence-corrected chi connectivity index (χ1v) is 24.1. The van der Waals surface area contributed by atoms with Gasteiger partial charge in [0.2, 0.25) is 0 Å². The van der Waals surface area contributed by atoms with Gasteiger partial charge in [0.15, 0.2) is 0 Å². The molecule has 0 aromatic heterocycles. The van der Waals surface area contributed by atoms with Crippen molar-refractivity contribution in [2.75, 3.05) is 14.7 Å². The van der Waals surface area contributed by atoms with Crippen molar-refractivity contribution in [3.63, 3.8) is 0 Å². The number of benzene rings is 7. The molecule has 3 aliphatic heterocycles. The van der Waals surface area contributed by atoms with Gasteiger partial charge >= 0.3 is 353 Å². The fraction of sp³-hybridized carbons (Fsp3) is 0.250. The Morgan fingerprint density at radius 1 is 0.459 bits per heavy atom. The van der Waals surface area contributed by atoms with Crippen LogP contribution in [0, 0.1) is 0 Å². The molecule has 3 heterocycles. The van der Waals surface area contributed by atoms with E-state index >= 15 is 0 Å². The van der Waals surface area contributed by atoms with Gasteiger partial charge in [0.25, 0.3) is 0 Å². The molecule has 4 aliphatic rings. The van der Waals surface area contributed by atoms with E-state index in [0.29, 0.717) is 5.92 Å². The summed E-state index contributed by atoms with van der Waals surface area (Å²) in [5.41, 5.74) is 19.4. The van der Waals surface area contributed by atoms with Gasteiger partial charge in [0.05, 0.1) is 0 Å². The van der Waals surface area contributed by atoms with Crippen LogP contribution in [0.15, 0.2) is 152 Å². The number of nitrogens with zero attached hydrogens (tertiary/aromatic N) is 3. The van der Waals surface area contributed by atoms with Crippen LogP contribution < -0.4 is 40.0 Å². The van der Waals surface area contributed by atoms with Crippen LogP contribution in [0.3, 0.4) is 0 Å². The first-order chi connectivity index (χ1) is 29.5. The maximum absolute atomic E-state index is 2.66. The van der Waals surface area contributed by atoms with Crippen molar-refractivity contribution in [2.24, 2.45) is 0 Å². The number of para-hydroxylation sites is 3. The van der Waals surface area contributed by atoms with Gasteiger partial charge < -0.3 is 0 Å². The second-order valence-electron chi connectivity index (χ2n) is 19.7. The van der Waals surface area contributed by atoms with Crippen molar-refractivity contribution in [3.05, 3.63) is 168 Å². The summed E-state index contributed by atoms with van der Waals surface area (Å²) >= 11 is 0.196. The number of anilines is 9. The van der Waals surface area contributed by atoms with Gasteiger partial charge in [0.1, 0.15) is 0 Å². The van der Waals surface area contributed by atoms with Crippen LogP contribution in [0.5, 0.6) is 0 Å². The van der Waals surface area contributed by atoms with Crippen LogP contribution in [0.4, 0.5) is 51.2 Å². The molecule has 0 saturated heterocycles. The van der Waals surface area contributed by atoms with Crippen molar-refractivity contribution < 1.29 is 0 Å². The average Bonchev–Trinajstić information content (AvgIpc) is 3.27. The Labute approximate surface area is 369 Å². The smallest absolute Gasteiger partial charge is 0.0621 e. The summed E-state index contributed by atoms with van der Waals surface area (Å²) in [7, 11) is 0. The minimum atomic E-state index is -0.102. The third-order valence-corrected chi connectivity index (χ3v) is 16.0. The summed E-state index contributed by atoms with van der Waals surface area (Å²) < 4.78 is 2.93. The van der Waals surface area contributed by atoms with Crippen LogP contribution in [0.2, 0.25) is 0 Å². The zero-order valence-corrected chi connectivity index (χ0v) is 38.1. The van der Waals surface area contributed by atoms with Crippen LogP contribution >= 0.6 is 0 Å².